The lowest BCUT2D eigenvalue weighted by Gasteiger charge is -2.08. The van der Waals surface area contributed by atoms with Crippen LogP contribution in [0.2, 0.25) is 5.02 Å². The van der Waals surface area contributed by atoms with Crippen molar-refractivity contribution in [3.05, 3.63) is 53.2 Å². The van der Waals surface area contributed by atoms with E-state index in [0.29, 0.717) is 23.1 Å². The molecule has 0 aliphatic carbocycles. The third-order valence-corrected chi connectivity index (χ3v) is 2.81. The standard InChI is InChI=1S/C14H14ClN3O2/c1-20-13-7-2-10(8-16-13)9-17-14(19)18-12-5-3-11(15)4-6-12/h2-8H,9H2,1H3,(H2,17,18,19). The Morgan fingerprint density at radius 1 is 1.25 bits per heavy atom. The van der Waals surface area contributed by atoms with Crippen LogP contribution in [0.5, 0.6) is 5.88 Å². The number of nitrogens with one attached hydrogen (secondary N) is 2. The van der Waals surface area contributed by atoms with Gasteiger partial charge < -0.3 is 15.4 Å². The molecule has 20 heavy (non-hydrogen) atoms. The van der Waals surface area contributed by atoms with Crippen molar-refractivity contribution in [2.75, 3.05) is 12.4 Å². The van der Waals surface area contributed by atoms with Gasteiger partial charge in [-0.25, -0.2) is 9.78 Å². The fraction of sp³-hybridized carbons (Fsp3) is 0.143. The number of aromatic nitrogens is 1. The zero-order valence-corrected chi connectivity index (χ0v) is 11.6. The van der Waals surface area contributed by atoms with E-state index in [1.165, 1.54) is 0 Å². The minimum atomic E-state index is -0.289. The molecule has 2 aromatic rings. The van der Waals surface area contributed by atoms with E-state index in [1.54, 1.807) is 43.6 Å². The first-order valence-electron chi connectivity index (χ1n) is 5.97. The molecule has 0 atom stereocenters. The highest BCUT2D eigenvalue weighted by atomic mass is 35.5. The van der Waals surface area contributed by atoms with Crippen LogP contribution >= 0.6 is 11.6 Å². The van der Waals surface area contributed by atoms with Crippen molar-refractivity contribution in [3.63, 3.8) is 0 Å². The van der Waals surface area contributed by atoms with Crippen LogP contribution in [-0.2, 0) is 6.54 Å². The maximum absolute atomic E-state index is 11.7. The van der Waals surface area contributed by atoms with E-state index in [1.807, 2.05) is 6.07 Å². The number of carbonyl (C=O) groups is 1. The summed E-state index contributed by atoms with van der Waals surface area (Å²) in [6.07, 6.45) is 1.65. The van der Waals surface area contributed by atoms with E-state index < -0.39 is 0 Å². The molecular weight excluding hydrogens is 278 g/mol. The number of amides is 2. The van der Waals surface area contributed by atoms with Crippen molar-refractivity contribution in [2.24, 2.45) is 0 Å². The van der Waals surface area contributed by atoms with Crippen molar-refractivity contribution in [1.82, 2.24) is 10.3 Å². The number of hydrogen-bond acceptors (Lipinski definition) is 3. The first-order chi connectivity index (χ1) is 9.67. The number of rotatable bonds is 4. The van der Waals surface area contributed by atoms with Gasteiger partial charge >= 0.3 is 6.03 Å². The summed E-state index contributed by atoms with van der Waals surface area (Å²) in [7, 11) is 1.56. The number of nitrogens with zero attached hydrogens (tertiary/aromatic N) is 1. The predicted octanol–water partition coefficient (Wildman–Crippen LogP) is 3.07. The molecule has 0 radical (unpaired) electrons. The SMILES string of the molecule is COc1ccc(CNC(=O)Nc2ccc(Cl)cc2)cn1. The quantitative estimate of drug-likeness (QED) is 0.910. The van der Waals surface area contributed by atoms with E-state index in [4.69, 9.17) is 16.3 Å². The number of methoxy groups -OCH3 is 1. The topological polar surface area (TPSA) is 63.2 Å². The molecule has 0 aliphatic heterocycles. The van der Waals surface area contributed by atoms with Gasteiger partial charge in [0.2, 0.25) is 5.88 Å². The molecule has 0 bridgehead atoms. The molecule has 2 N–H and O–H groups in total. The van der Waals surface area contributed by atoms with Crippen LogP contribution in [0.25, 0.3) is 0 Å². The molecule has 1 heterocycles. The van der Waals surface area contributed by atoms with Gasteiger partial charge in [-0.15, -0.1) is 0 Å². The van der Waals surface area contributed by atoms with Crippen LogP contribution in [0.1, 0.15) is 5.56 Å². The summed E-state index contributed by atoms with van der Waals surface area (Å²) >= 11 is 5.77. The molecule has 2 amide bonds. The highest BCUT2D eigenvalue weighted by molar-refractivity contribution is 6.30. The summed E-state index contributed by atoms with van der Waals surface area (Å²) in [6.45, 7) is 0.385. The zero-order chi connectivity index (χ0) is 14.4. The molecule has 0 unspecified atom stereocenters. The third kappa shape index (κ3) is 4.13. The monoisotopic (exact) mass is 291 g/mol. The summed E-state index contributed by atoms with van der Waals surface area (Å²) < 4.78 is 4.96. The van der Waals surface area contributed by atoms with Crippen molar-refractivity contribution in [1.29, 1.82) is 0 Å². The van der Waals surface area contributed by atoms with Gasteiger partial charge in [-0.2, -0.15) is 0 Å². The van der Waals surface area contributed by atoms with Crippen LogP contribution < -0.4 is 15.4 Å². The zero-order valence-electron chi connectivity index (χ0n) is 10.9. The largest absolute Gasteiger partial charge is 0.481 e. The second kappa shape index (κ2) is 6.77. The van der Waals surface area contributed by atoms with Gasteiger partial charge in [0.1, 0.15) is 0 Å². The lowest BCUT2D eigenvalue weighted by atomic mass is 10.3. The molecule has 5 nitrogen and oxygen atoms in total. The van der Waals surface area contributed by atoms with Crippen LogP contribution in [-0.4, -0.2) is 18.1 Å². The smallest absolute Gasteiger partial charge is 0.319 e. The average Bonchev–Trinajstić information content (AvgIpc) is 2.48. The van der Waals surface area contributed by atoms with E-state index in [-0.39, 0.29) is 6.03 Å². The first kappa shape index (κ1) is 14.1. The molecule has 104 valence electrons. The summed E-state index contributed by atoms with van der Waals surface area (Å²) in [5.41, 5.74) is 1.57. The molecular formula is C14H14ClN3O2. The fourth-order valence-corrected chi connectivity index (χ4v) is 1.65. The predicted molar refractivity (Wildman–Crippen MR) is 78.1 cm³/mol. The minimum absolute atomic E-state index is 0.289. The van der Waals surface area contributed by atoms with E-state index in [9.17, 15) is 4.79 Å². The van der Waals surface area contributed by atoms with Gasteiger partial charge in [0, 0.05) is 29.5 Å². The van der Waals surface area contributed by atoms with Crippen LogP contribution in [0.15, 0.2) is 42.6 Å². The average molecular weight is 292 g/mol. The number of benzene rings is 1. The van der Waals surface area contributed by atoms with Crippen molar-refractivity contribution >= 4 is 23.3 Å². The Morgan fingerprint density at radius 2 is 2.00 bits per heavy atom. The van der Waals surface area contributed by atoms with Gasteiger partial charge in [0.25, 0.3) is 0 Å². The second-order valence-corrected chi connectivity index (χ2v) is 4.46. The lowest BCUT2D eigenvalue weighted by Crippen LogP contribution is -2.28. The Bertz CT molecular complexity index is 570. The highest BCUT2D eigenvalue weighted by Gasteiger charge is 2.02. The first-order valence-corrected chi connectivity index (χ1v) is 6.34. The Hall–Kier alpha value is -2.27. The minimum Gasteiger partial charge on any atom is -0.481 e. The van der Waals surface area contributed by atoms with E-state index in [2.05, 4.69) is 15.6 Å². The Labute approximate surface area is 121 Å². The van der Waals surface area contributed by atoms with Crippen LogP contribution in [0.4, 0.5) is 10.5 Å². The summed E-state index contributed by atoms with van der Waals surface area (Å²) in [5, 5.41) is 6.07. The van der Waals surface area contributed by atoms with Gasteiger partial charge in [0.15, 0.2) is 0 Å². The Balaban J connectivity index is 1.83. The van der Waals surface area contributed by atoms with Gasteiger partial charge in [-0.3, -0.25) is 0 Å². The second-order valence-electron chi connectivity index (χ2n) is 4.02. The molecule has 1 aromatic heterocycles. The summed E-state index contributed by atoms with van der Waals surface area (Å²) in [6, 6.07) is 10.2. The van der Waals surface area contributed by atoms with E-state index >= 15 is 0 Å². The molecule has 0 aliphatic rings. The molecule has 0 saturated carbocycles. The Morgan fingerprint density at radius 3 is 2.60 bits per heavy atom. The molecule has 2 rings (SSSR count). The molecule has 6 heteroatoms. The number of hydrogen-bond donors (Lipinski definition) is 2. The van der Waals surface area contributed by atoms with Gasteiger partial charge in [0.05, 0.1) is 7.11 Å². The van der Waals surface area contributed by atoms with Gasteiger partial charge in [-0.05, 0) is 29.8 Å². The molecule has 1 aromatic carbocycles. The number of pyridine rings is 1. The molecule has 0 saturated heterocycles. The van der Waals surface area contributed by atoms with Gasteiger partial charge in [-0.1, -0.05) is 17.7 Å². The Kier molecular flexibility index (Phi) is 4.79. The lowest BCUT2D eigenvalue weighted by molar-refractivity contribution is 0.251. The van der Waals surface area contributed by atoms with Crippen molar-refractivity contribution in [2.45, 2.75) is 6.54 Å². The normalized spacial score (nSPS) is 9.90. The number of halogens is 1. The third-order valence-electron chi connectivity index (χ3n) is 2.56. The van der Waals surface area contributed by atoms with E-state index in [0.717, 1.165) is 5.56 Å². The number of urea groups is 1. The van der Waals surface area contributed by atoms with Crippen molar-refractivity contribution in [3.8, 4) is 5.88 Å². The number of anilines is 1. The van der Waals surface area contributed by atoms with Crippen LogP contribution in [0, 0.1) is 0 Å². The molecule has 0 fully saturated rings. The fourth-order valence-electron chi connectivity index (χ4n) is 1.53. The number of ether oxygens (including phenoxy) is 1. The molecule has 0 spiro atoms. The summed E-state index contributed by atoms with van der Waals surface area (Å²) in [4.78, 5) is 15.8. The highest BCUT2D eigenvalue weighted by Crippen LogP contribution is 2.13. The maximum Gasteiger partial charge on any atom is 0.319 e. The van der Waals surface area contributed by atoms with Crippen LogP contribution in [0.3, 0.4) is 0 Å². The maximum atomic E-state index is 11.7. The number of carbonyl (C=O) groups excluding carboxylic acids is 1. The van der Waals surface area contributed by atoms with Crippen molar-refractivity contribution < 1.29 is 9.53 Å². The summed E-state index contributed by atoms with van der Waals surface area (Å²) in [5.74, 6) is 0.541.